The molecule has 0 amide bonds. The van der Waals surface area contributed by atoms with Crippen LogP contribution in [-0.4, -0.2) is 8.56 Å². The summed E-state index contributed by atoms with van der Waals surface area (Å²) in [5.74, 6) is 3.00. The first-order chi connectivity index (χ1) is 17.2. The monoisotopic (exact) mass is 492 g/mol. The summed E-state index contributed by atoms with van der Waals surface area (Å²) in [6.45, 7) is 0. The zero-order valence-corrected chi connectivity index (χ0v) is 20.8. The quantitative estimate of drug-likeness (QED) is 0.198. The molecule has 0 bridgehead atoms. The van der Waals surface area contributed by atoms with Crippen LogP contribution in [0.4, 0.5) is 0 Å². The van der Waals surface area contributed by atoms with Crippen LogP contribution in [0.3, 0.4) is 0 Å². The summed E-state index contributed by atoms with van der Waals surface area (Å²) < 4.78 is 19.7. The summed E-state index contributed by atoms with van der Waals surface area (Å²) in [5, 5.41) is 1.97. The van der Waals surface area contributed by atoms with Gasteiger partial charge < -0.3 is 13.6 Å². The fraction of sp³-hybridized carbons (Fsp3) is 0. The lowest BCUT2D eigenvalue weighted by atomic mass is 10.3. The molecule has 0 spiro atoms. The molecule has 35 heavy (non-hydrogen) atoms. The van der Waals surface area contributed by atoms with Crippen LogP contribution < -0.4 is 24.0 Å². The molecule has 0 saturated carbocycles. The van der Waals surface area contributed by atoms with Gasteiger partial charge in [-0.05, 0) is 60.7 Å². The third-order valence-electron chi connectivity index (χ3n) is 5.47. The van der Waals surface area contributed by atoms with Gasteiger partial charge in [0.1, 0.15) is 23.0 Å². The molecule has 0 radical (unpaired) electrons. The van der Waals surface area contributed by atoms with Gasteiger partial charge in [-0.25, -0.2) is 0 Å². The van der Waals surface area contributed by atoms with E-state index in [2.05, 4.69) is 24.8 Å². The highest BCUT2D eigenvalue weighted by atomic mass is 32.1. The highest BCUT2D eigenvalue weighted by Crippen LogP contribution is 2.24. The van der Waals surface area contributed by atoms with Crippen molar-refractivity contribution in [1.29, 1.82) is 0 Å². The third kappa shape index (κ3) is 5.43. The first kappa shape index (κ1) is 22.8. The summed E-state index contributed by atoms with van der Waals surface area (Å²) in [4.78, 5) is 0.891. The van der Waals surface area contributed by atoms with Gasteiger partial charge in [-0.2, -0.15) is 0 Å². The Bertz CT molecular complexity index is 1300. The van der Waals surface area contributed by atoms with E-state index < -0.39 is 8.56 Å². The first-order valence-electron chi connectivity index (χ1n) is 11.3. The number of hydrogen-bond acceptors (Lipinski definition) is 4. The summed E-state index contributed by atoms with van der Waals surface area (Å²) >= 11 is 4.34. The van der Waals surface area contributed by atoms with E-state index in [1.54, 1.807) is 0 Å². The third-order valence-corrected chi connectivity index (χ3v) is 9.00. The number of benzene rings is 5. The van der Waals surface area contributed by atoms with E-state index in [9.17, 15) is 0 Å². The minimum Gasteiger partial charge on any atom is -0.506 e. The molecule has 0 atom stereocenters. The smallest absolute Gasteiger partial charge is 0.506 e. The van der Waals surface area contributed by atoms with Gasteiger partial charge >= 0.3 is 8.56 Å². The van der Waals surface area contributed by atoms with Crippen molar-refractivity contribution in [1.82, 2.24) is 0 Å². The van der Waals surface area contributed by atoms with Gasteiger partial charge in [-0.15, -0.1) is 12.6 Å². The number of hydrogen-bond donors (Lipinski definition) is 1. The average Bonchev–Trinajstić information content (AvgIpc) is 2.92. The summed E-state index contributed by atoms with van der Waals surface area (Å²) in [6, 6.07) is 45.4. The first-order valence-corrected chi connectivity index (χ1v) is 13.6. The standard InChI is InChI=1S/C30H24O3SSi/c34-28-20-16-24(17-21-28)31-25-18-22-30(23-19-25)35(29-14-8-3-9-15-29,32-26-10-4-1-5-11-26)33-27-12-6-2-7-13-27/h1-23,34H. The molecule has 0 aliphatic heterocycles. The molecule has 0 aliphatic rings. The average molecular weight is 493 g/mol. The molecule has 5 rings (SSSR count). The SMILES string of the molecule is Sc1ccc(Oc2ccc([Si](Oc3ccccc3)(Oc3ccccc3)c3ccccc3)cc2)cc1. The molecule has 5 aromatic rings. The van der Waals surface area contributed by atoms with E-state index in [1.807, 2.05) is 127 Å². The van der Waals surface area contributed by atoms with Gasteiger partial charge in [0, 0.05) is 15.3 Å². The Morgan fingerprint density at radius 2 is 0.800 bits per heavy atom. The minimum atomic E-state index is -3.22. The van der Waals surface area contributed by atoms with Crippen LogP contribution in [-0.2, 0) is 0 Å². The Balaban J connectivity index is 1.58. The Labute approximate surface area is 212 Å². The van der Waals surface area contributed by atoms with Crippen molar-refractivity contribution in [3.8, 4) is 23.0 Å². The van der Waals surface area contributed by atoms with Crippen LogP contribution >= 0.6 is 12.6 Å². The number of para-hydroxylation sites is 2. The summed E-state index contributed by atoms with van der Waals surface area (Å²) in [5.41, 5.74) is 0. The lowest BCUT2D eigenvalue weighted by molar-refractivity contribution is 0.417. The molecule has 5 heteroatoms. The summed E-state index contributed by atoms with van der Waals surface area (Å²) in [6.07, 6.45) is 0. The van der Waals surface area contributed by atoms with Gasteiger partial charge in [0.05, 0.1) is 0 Å². The molecule has 0 fully saturated rings. The number of rotatable bonds is 8. The summed E-state index contributed by atoms with van der Waals surface area (Å²) in [7, 11) is -3.22. The van der Waals surface area contributed by atoms with Crippen LogP contribution in [0.2, 0.25) is 0 Å². The largest absolute Gasteiger partial charge is 0.531 e. The highest BCUT2D eigenvalue weighted by Gasteiger charge is 2.47. The van der Waals surface area contributed by atoms with E-state index in [4.69, 9.17) is 13.6 Å². The van der Waals surface area contributed by atoms with E-state index >= 15 is 0 Å². The second-order valence-electron chi connectivity index (χ2n) is 7.93. The number of thiol groups is 1. The van der Waals surface area contributed by atoms with Gasteiger partial charge in [0.15, 0.2) is 0 Å². The normalized spacial score (nSPS) is 11.0. The second kappa shape index (κ2) is 10.6. The maximum atomic E-state index is 6.82. The molecular weight excluding hydrogens is 468 g/mol. The fourth-order valence-corrected chi connectivity index (χ4v) is 6.95. The molecule has 0 aliphatic carbocycles. The fourth-order valence-electron chi connectivity index (χ4n) is 3.78. The molecule has 3 nitrogen and oxygen atoms in total. The molecule has 0 unspecified atom stereocenters. The predicted octanol–water partition coefficient (Wildman–Crippen LogP) is 6.48. The molecule has 172 valence electrons. The Morgan fingerprint density at radius 1 is 0.400 bits per heavy atom. The van der Waals surface area contributed by atoms with Crippen LogP contribution in [0.5, 0.6) is 23.0 Å². The second-order valence-corrected chi connectivity index (χ2v) is 11.2. The van der Waals surface area contributed by atoms with Gasteiger partial charge in [0.25, 0.3) is 0 Å². The predicted molar refractivity (Wildman–Crippen MR) is 146 cm³/mol. The maximum Gasteiger partial charge on any atom is 0.531 e. The van der Waals surface area contributed by atoms with E-state index in [0.29, 0.717) is 0 Å². The minimum absolute atomic E-state index is 0.732. The Kier molecular flexibility index (Phi) is 6.89. The van der Waals surface area contributed by atoms with Crippen LogP contribution in [0.15, 0.2) is 144 Å². The van der Waals surface area contributed by atoms with Crippen molar-refractivity contribution in [2.75, 3.05) is 0 Å². The Morgan fingerprint density at radius 3 is 1.29 bits per heavy atom. The zero-order valence-electron chi connectivity index (χ0n) is 19.0. The van der Waals surface area contributed by atoms with Crippen molar-refractivity contribution >= 4 is 31.6 Å². The van der Waals surface area contributed by atoms with Gasteiger partial charge in [0.2, 0.25) is 0 Å². The lowest BCUT2D eigenvalue weighted by Crippen LogP contribution is -2.68. The lowest BCUT2D eigenvalue weighted by Gasteiger charge is -2.32. The molecule has 0 aromatic heterocycles. The zero-order chi connectivity index (χ0) is 23.9. The molecular formula is C30H24O3SSi. The van der Waals surface area contributed by atoms with Crippen molar-refractivity contribution in [3.63, 3.8) is 0 Å². The van der Waals surface area contributed by atoms with Crippen LogP contribution in [0.25, 0.3) is 0 Å². The topological polar surface area (TPSA) is 27.7 Å². The Hall–Kier alpha value is -3.93. The maximum absolute atomic E-state index is 6.82. The number of ether oxygens (including phenoxy) is 1. The molecule has 0 heterocycles. The van der Waals surface area contributed by atoms with Crippen molar-refractivity contribution in [3.05, 3.63) is 140 Å². The van der Waals surface area contributed by atoms with Crippen molar-refractivity contribution in [2.24, 2.45) is 0 Å². The van der Waals surface area contributed by atoms with Crippen LogP contribution in [0.1, 0.15) is 0 Å². The highest BCUT2D eigenvalue weighted by molar-refractivity contribution is 7.80. The molecule has 0 N–H and O–H groups in total. The molecule has 0 saturated heterocycles. The van der Waals surface area contributed by atoms with Gasteiger partial charge in [-0.3, -0.25) is 0 Å². The molecule has 5 aromatic carbocycles. The van der Waals surface area contributed by atoms with Crippen molar-refractivity contribution < 1.29 is 13.6 Å². The van der Waals surface area contributed by atoms with Crippen LogP contribution in [0, 0.1) is 0 Å². The van der Waals surface area contributed by atoms with E-state index in [0.717, 1.165) is 38.3 Å². The van der Waals surface area contributed by atoms with E-state index in [1.165, 1.54) is 0 Å². The van der Waals surface area contributed by atoms with Gasteiger partial charge in [-0.1, -0.05) is 78.9 Å². The van der Waals surface area contributed by atoms with Crippen molar-refractivity contribution in [2.45, 2.75) is 4.90 Å². The van der Waals surface area contributed by atoms with E-state index in [-0.39, 0.29) is 0 Å².